The van der Waals surface area contributed by atoms with Crippen LogP contribution in [0.15, 0.2) is 12.4 Å². The molecule has 0 bridgehead atoms. The third-order valence-corrected chi connectivity index (χ3v) is 3.50. The van der Waals surface area contributed by atoms with E-state index in [1.165, 1.54) is 0 Å². The lowest BCUT2D eigenvalue weighted by Crippen LogP contribution is -2.15. The number of rotatable bonds is 5. The molecule has 0 fully saturated rings. The largest absolute Gasteiger partial charge is 0.323 e. The number of aryl methyl sites for hydroxylation is 3. The van der Waals surface area contributed by atoms with Crippen LogP contribution >= 0.6 is 11.6 Å². The summed E-state index contributed by atoms with van der Waals surface area (Å²) in [5, 5.41) is 11.9. The van der Waals surface area contributed by atoms with Crippen molar-refractivity contribution >= 4 is 23.2 Å². The molecule has 0 saturated carbocycles. The minimum Gasteiger partial charge on any atom is -0.323 e. The molecule has 0 unspecified atom stereocenters. The molecule has 1 amide bonds. The van der Waals surface area contributed by atoms with Crippen molar-refractivity contribution in [1.29, 1.82) is 0 Å². The fourth-order valence-corrected chi connectivity index (χ4v) is 2.08. The van der Waals surface area contributed by atoms with Crippen molar-refractivity contribution in [3.8, 4) is 0 Å². The van der Waals surface area contributed by atoms with E-state index in [0.29, 0.717) is 18.0 Å². The van der Waals surface area contributed by atoms with Crippen molar-refractivity contribution in [1.82, 2.24) is 19.6 Å². The Kier molecular flexibility index (Phi) is 4.44. The maximum atomic E-state index is 11.9. The highest BCUT2D eigenvalue weighted by Gasteiger charge is 2.10. The molecule has 108 valence electrons. The Morgan fingerprint density at radius 2 is 2.20 bits per heavy atom. The number of carbonyl (C=O) groups is 1. The summed E-state index contributed by atoms with van der Waals surface area (Å²) in [5.74, 6) is -0.0620. The number of halogens is 1. The van der Waals surface area contributed by atoms with Crippen LogP contribution in [0, 0.1) is 13.8 Å². The lowest BCUT2D eigenvalue weighted by molar-refractivity contribution is -0.116. The van der Waals surface area contributed by atoms with Crippen molar-refractivity contribution in [2.75, 3.05) is 5.32 Å². The lowest BCUT2D eigenvalue weighted by atomic mass is 10.3. The molecule has 2 aromatic rings. The van der Waals surface area contributed by atoms with Gasteiger partial charge in [0.15, 0.2) is 0 Å². The zero-order valence-corrected chi connectivity index (χ0v) is 12.6. The van der Waals surface area contributed by atoms with Crippen LogP contribution < -0.4 is 5.32 Å². The highest BCUT2D eigenvalue weighted by molar-refractivity contribution is 6.31. The standard InChI is InChI=1S/C13H18ClN5O/c1-4-19-10(3)12(7-15-19)16-13(20)5-6-18-8-11(14)9(2)17-18/h7-8H,4-6H2,1-3H3,(H,16,20). The first-order valence-corrected chi connectivity index (χ1v) is 6.91. The Morgan fingerprint density at radius 3 is 2.75 bits per heavy atom. The molecule has 0 radical (unpaired) electrons. The highest BCUT2D eigenvalue weighted by Crippen LogP contribution is 2.14. The Labute approximate surface area is 122 Å². The van der Waals surface area contributed by atoms with Gasteiger partial charge in [0, 0.05) is 25.7 Å². The minimum absolute atomic E-state index is 0.0620. The van der Waals surface area contributed by atoms with Gasteiger partial charge in [-0.15, -0.1) is 0 Å². The number of carbonyl (C=O) groups excluding carboxylic acids is 1. The summed E-state index contributed by atoms with van der Waals surface area (Å²) >= 11 is 5.92. The van der Waals surface area contributed by atoms with Crippen LogP contribution in [0.4, 0.5) is 5.69 Å². The molecular formula is C13H18ClN5O. The molecule has 2 heterocycles. The molecule has 20 heavy (non-hydrogen) atoms. The number of nitrogens with one attached hydrogen (secondary N) is 1. The second kappa shape index (κ2) is 6.09. The van der Waals surface area contributed by atoms with Crippen LogP contribution in [0.2, 0.25) is 5.02 Å². The van der Waals surface area contributed by atoms with Gasteiger partial charge in [-0.25, -0.2) is 0 Å². The first kappa shape index (κ1) is 14.6. The van der Waals surface area contributed by atoms with E-state index in [9.17, 15) is 4.79 Å². The molecule has 0 atom stereocenters. The number of hydrogen-bond donors (Lipinski definition) is 1. The van der Waals surface area contributed by atoms with Crippen LogP contribution in [0.3, 0.4) is 0 Å². The molecule has 0 aliphatic carbocycles. The summed E-state index contributed by atoms with van der Waals surface area (Å²) in [6.45, 7) is 7.06. The number of hydrogen-bond acceptors (Lipinski definition) is 3. The van der Waals surface area contributed by atoms with Gasteiger partial charge < -0.3 is 5.32 Å². The normalized spacial score (nSPS) is 10.8. The van der Waals surface area contributed by atoms with E-state index in [1.54, 1.807) is 17.1 Å². The van der Waals surface area contributed by atoms with Crippen molar-refractivity contribution in [3.63, 3.8) is 0 Å². The van der Waals surface area contributed by atoms with Gasteiger partial charge in [0.05, 0.1) is 28.3 Å². The van der Waals surface area contributed by atoms with Gasteiger partial charge >= 0.3 is 0 Å². The van der Waals surface area contributed by atoms with E-state index in [2.05, 4.69) is 15.5 Å². The predicted octanol–water partition coefficient (Wildman–Crippen LogP) is 2.40. The van der Waals surface area contributed by atoms with E-state index in [0.717, 1.165) is 23.6 Å². The topological polar surface area (TPSA) is 64.7 Å². The first-order chi connectivity index (χ1) is 9.51. The third kappa shape index (κ3) is 3.19. The maximum absolute atomic E-state index is 11.9. The molecule has 2 aromatic heterocycles. The van der Waals surface area contributed by atoms with Crippen LogP contribution in [0.5, 0.6) is 0 Å². The van der Waals surface area contributed by atoms with Crippen LogP contribution in [-0.2, 0) is 17.9 Å². The van der Waals surface area contributed by atoms with Gasteiger partial charge in [0.1, 0.15) is 0 Å². The quantitative estimate of drug-likeness (QED) is 0.921. The number of amides is 1. The first-order valence-electron chi connectivity index (χ1n) is 6.53. The van der Waals surface area contributed by atoms with Gasteiger partial charge in [0.25, 0.3) is 0 Å². The van der Waals surface area contributed by atoms with Crippen LogP contribution in [0.25, 0.3) is 0 Å². The molecule has 1 N–H and O–H groups in total. The van der Waals surface area contributed by atoms with Gasteiger partial charge in [0.2, 0.25) is 5.91 Å². The Bertz CT molecular complexity index is 597. The zero-order chi connectivity index (χ0) is 14.7. The average Bonchev–Trinajstić information content (AvgIpc) is 2.92. The van der Waals surface area contributed by atoms with Crippen molar-refractivity contribution in [3.05, 3.63) is 28.8 Å². The minimum atomic E-state index is -0.0620. The smallest absolute Gasteiger partial charge is 0.226 e. The van der Waals surface area contributed by atoms with Crippen LogP contribution in [0.1, 0.15) is 24.7 Å². The number of aromatic nitrogens is 4. The Balaban J connectivity index is 1.90. The molecular weight excluding hydrogens is 278 g/mol. The van der Waals surface area contributed by atoms with Gasteiger partial charge in [-0.05, 0) is 20.8 Å². The average molecular weight is 296 g/mol. The van der Waals surface area contributed by atoms with E-state index in [1.807, 2.05) is 25.5 Å². The van der Waals surface area contributed by atoms with Crippen molar-refractivity contribution < 1.29 is 4.79 Å². The summed E-state index contributed by atoms with van der Waals surface area (Å²) < 4.78 is 3.52. The highest BCUT2D eigenvalue weighted by atomic mass is 35.5. The molecule has 0 saturated heterocycles. The molecule has 0 spiro atoms. The fraction of sp³-hybridized carbons (Fsp3) is 0.462. The van der Waals surface area contributed by atoms with E-state index >= 15 is 0 Å². The van der Waals surface area contributed by atoms with Gasteiger partial charge in [-0.3, -0.25) is 14.2 Å². The summed E-state index contributed by atoms with van der Waals surface area (Å²) in [6.07, 6.45) is 3.74. The van der Waals surface area contributed by atoms with Gasteiger partial charge in [-0.1, -0.05) is 11.6 Å². The molecule has 6 nitrogen and oxygen atoms in total. The molecule has 0 aromatic carbocycles. The second-order valence-electron chi connectivity index (χ2n) is 4.58. The maximum Gasteiger partial charge on any atom is 0.226 e. The van der Waals surface area contributed by atoms with Gasteiger partial charge in [-0.2, -0.15) is 10.2 Å². The van der Waals surface area contributed by atoms with E-state index in [4.69, 9.17) is 11.6 Å². The summed E-state index contributed by atoms with van der Waals surface area (Å²) in [6, 6.07) is 0. The summed E-state index contributed by atoms with van der Waals surface area (Å²) in [5.41, 5.74) is 2.48. The molecule has 0 aliphatic rings. The molecule has 2 rings (SSSR count). The number of anilines is 1. The molecule has 7 heteroatoms. The third-order valence-electron chi connectivity index (χ3n) is 3.13. The summed E-state index contributed by atoms with van der Waals surface area (Å²) in [7, 11) is 0. The fourth-order valence-electron chi connectivity index (χ4n) is 1.92. The SMILES string of the molecule is CCn1ncc(NC(=O)CCn2cc(Cl)c(C)n2)c1C. The lowest BCUT2D eigenvalue weighted by Gasteiger charge is -2.05. The second-order valence-corrected chi connectivity index (χ2v) is 4.99. The zero-order valence-electron chi connectivity index (χ0n) is 11.9. The van der Waals surface area contributed by atoms with Crippen molar-refractivity contribution in [2.24, 2.45) is 0 Å². The monoisotopic (exact) mass is 295 g/mol. The van der Waals surface area contributed by atoms with E-state index in [-0.39, 0.29) is 5.91 Å². The van der Waals surface area contributed by atoms with Crippen LogP contribution in [-0.4, -0.2) is 25.5 Å². The predicted molar refractivity (Wildman–Crippen MR) is 77.9 cm³/mol. The van der Waals surface area contributed by atoms with Crippen molar-refractivity contribution in [2.45, 2.75) is 40.3 Å². The Hall–Kier alpha value is -1.82. The summed E-state index contributed by atoms with van der Waals surface area (Å²) in [4.78, 5) is 11.9. The Morgan fingerprint density at radius 1 is 1.45 bits per heavy atom. The van der Waals surface area contributed by atoms with E-state index < -0.39 is 0 Å². The number of nitrogens with zero attached hydrogens (tertiary/aromatic N) is 4. The molecule has 0 aliphatic heterocycles.